The van der Waals surface area contributed by atoms with Gasteiger partial charge in [0, 0.05) is 6.54 Å². The van der Waals surface area contributed by atoms with Gasteiger partial charge in [0.25, 0.3) is 17.7 Å². The van der Waals surface area contributed by atoms with Crippen molar-refractivity contribution in [3.8, 4) is 0 Å². The molecule has 0 saturated carbocycles. The van der Waals surface area contributed by atoms with Gasteiger partial charge in [-0.05, 0) is 43.5 Å². The molecule has 1 aliphatic heterocycles. The standard InChI is InChI=1S/C23H23N3O3S/c1-4-25(23-24-17-11-7-8-12-19(17)30-23)22(29)18(13-14(2)3)26-20(27)15-9-5-6-10-16(15)21(26)28/h5-12,14,18H,4,13H2,1-3H3. The fourth-order valence-electron chi connectivity index (χ4n) is 3.79. The largest absolute Gasteiger partial charge is 0.287 e. The van der Waals surface area contributed by atoms with Crippen LogP contribution in [-0.4, -0.2) is 40.2 Å². The summed E-state index contributed by atoms with van der Waals surface area (Å²) in [4.78, 5) is 47.1. The van der Waals surface area contributed by atoms with Gasteiger partial charge in [0.1, 0.15) is 6.04 Å². The van der Waals surface area contributed by atoms with Gasteiger partial charge in [-0.3, -0.25) is 24.2 Å². The molecule has 0 radical (unpaired) electrons. The van der Waals surface area contributed by atoms with Crippen LogP contribution in [0.25, 0.3) is 10.2 Å². The summed E-state index contributed by atoms with van der Waals surface area (Å²) in [6.45, 7) is 6.23. The molecular weight excluding hydrogens is 398 g/mol. The second kappa shape index (κ2) is 7.99. The number of anilines is 1. The molecule has 0 spiro atoms. The zero-order chi connectivity index (χ0) is 21.4. The quantitative estimate of drug-likeness (QED) is 0.555. The van der Waals surface area contributed by atoms with Crippen LogP contribution in [0.4, 0.5) is 5.13 Å². The Labute approximate surface area is 179 Å². The molecule has 6 nitrogen and oxygen atoms in total. The lowest BCUT2D eigenvalue weighted by Crippen LogP contribution is -2.51. The Balaban J connectivity index is 1.72. The first-order valence-electron chi connectivity index (χ1n) is 10.1. The first-order valence-corrected chi connectivity index (χ1v) is 10.9. The Morgan fingerprint density at radius 2 is 1.63 bits per heavy atom. The van der Waals surface area contributed by atoms with E-state index in [0.717, 1.165) is 15.1 Å². The lowest BCUT2D eigenvalue weighted by molar-refractivity contribution is -0.122. The summed E-state index contributed by atoms with van der Waals surface area (Å²) in [5.74, 6) is -0.970. The summed E-state index contributed by atoms with van der Waals surface area (Å²) in [5, 5.41) is 0.578. The van der Waals surface area contributed by atoms with E-state index >= 15 is 0 Å². The fourth-order valence-corrected chi connectivity index (χ4v) is 4.83. The van der Waals surface area contributed by atoms with Gasteiger partial charge in [0.15, 0.2) is 5.13 Å². The van der Waals surface area contributed by atoms with Crippen LogP contribution in [0.3, 0.4) is 0 Å². The van der Waals surface area contributed by atoms with Crippen molar-refractivity contribution < 1.29 is 14.4 Å². The molecule has 1 atom stereocenters. The van der Waals surface area contributed by atoms with Crippen molar-refractivity contribution in [3.63, 3.8) is 0 Å². The minimum absolute atomic E-state index is 0.123. The van der Waals surface area contributed by atoms with Crippen LogP contribution in [0, 0.1) is 5.92 Å². The van der Waals surface area contributed by atoms with Crippen molar-refractivity contribution in [1.29, 1.82) is 0 Å². The number of carbonyl (C=O) groups excluding carboxylic acids is 3. The number of benzene rings is 2. The van der Waals surface area contributed by atoms with Crippen molar-refractivity contribution in [1.82, 2.24) is 9.88 Å². The highest BCUT2D eigenvalue weighted by Crippen LogP contribution is 2.32. The van der Waals surface area contributed by atoms with E-state index in [2.05, 4.69) is 4.98 Å². The zero-order valence-corrected chi connectivity index (χ0v) is 18.0. The molecule has 3 amide bonds. The zero-order valence-electron chi connectivity index (χ0n) is 17.2. The number of amides is 3. The molecule has 4 rings (SSSR count). The highest BCUT2D eigenvalue weighted by atomic mass is 32.1. The lowest BCUT2D eigenvalue weighted by atomic mass is 10.0. The number of nitrogens with zero attached hydrogens (tertiary/aromatic N) is 3. The maximum Gasteiger partial charge on any atom is 0.262 e. The number of hydrogen-bond acceptors (Lipinski definition) is 5. The molecule has 7 heteroatoms. The summed E-state index contributed by atoms with van der Waals surface area (Å²) in [5.41, 5.74) is 1.53. The number of imide groups is 1. The Morgan fingerprint density at radius 1 is 1.03 bits per heavy atom. The predicted molar refractivity (Wildman–Crippen MR) is 118 cm³/mol. The third-order valence-corrected chi connectivity index (χ3v) is 6.27. The van der Waals surface area contributed by atoms with Gasteiger partial charge in [-0.25, -0.2) is 4.98 Å². The Morgan fingerprint density at radius 3 is 2.20 bits per heavy atom. The van der Waals surface area contributed by atoms with Gasteiger partial charge >= 0.3 is 0 Å². The van der Waals surface area contributed by atoms with Gasteiger partial charge in [0.2, 0.25) is 0 Å². The summed E-state index contributed by atoms with van der Waals surface area (Å²) < 4.78 is 0.986. The topological polar surface area (TPSA) is 70.6 Å². The molecule has 0 saturated heterocycles. The maximum absolute atomic E-state index is 13.7. The number of para-hydroxylation sites is 1. The SMILES string of the molecule is CCN(C(=O)C(CC(C)C)N1C(=O)c2ccccc2C1=O)c1nc2ccccc2s1. The molecule has 1 unspecified atom stereocenters. The third kappa shape index (κ3) is 3.39. The van der Waals surface area contributed by atoms with E-state index in [1.54, 1.807) is 29.2 Å². The predicted octanol–water partition coefficient (Wildman–Crippen LogP) is 4.36. The number of aromatic nitrogens is 1. The molecule has 0 bridgehead atoms. The average molecular weight is 422 g/mol. The Kier molecular flexibility index (Phi) is 5.39. The van der Waals surface area contributed by atoms with Gasteiger partial charge in [-0.15, -0.1) is 0 Å². The van der Waals surface area contributed by atoms with Crippen LogP contribution in [0.2, 0.25) is 0 Å². The monoisotopic (exact) mass is 421 g/mol. The molecule has 154 valence electrons. The second-order valence-corrected chi connectivity index (χ2v) is 8.73. The summed E-state index contributed by atoms with van der Waals surface area (Å²) in [6, 6.07) is 13.6. The van der Waals surface area contributed by atoms with Crippen LogP contribution in [0.15, 0.2) is 48.5 Å². The first kappa shape index (κ1) is 20.2. The maximum atomic E-state index is 13.7. The Hall–Kier alpha value is -3.06. The summed E-state index contributed by atoms with van der Waals surface area (Å²) >= 11 is 1.43. The molecule has 2 heterocycles. The molecule has 30 heavy (non-hydrogen) atoms. The smallest absolute Gasteiger partial charge is 0.262 e. The van der Waals surface area contributed by atoms with E-state index in [0.29, 0.717) is 29.2 Å². The molecule has 0 aliphatic carbocycles. The number of fused-ring (bicyclic) bond motifs is 2. The van der Waals surface area contributed by atoms with Crippen LogP contribution in [0.5, 0.6) is 0 Å². The van der Waals surface area contributed by atoms with E-state index in [9.17, 15) is 14.4 Å². The molecule has 0 fully saturated rings. The lowest BCUT2D eigenvalue weighted by Gasteiger charge is -2.30. The van der Waals surface area contributed by atoms with E-state index in [4.69, 9.17) is 0 Å². The van der Waals surface area contributed by atoms with Gasteiger partial charge in [-0.2, -0.15) is 0 Å². The fraction of sp³-hybridized carbons (Fsp3) is 0.304. The van der Waals surface area contributed by atoms with Crippen molar-refractivity contribution in [2.75, 3.05) is 11.4 Å². The number of rotatable bonds is 6. The van der Waals surface area contributed by atoms with Crippen LogP contribution in [0.1, 0.15) is 47.9 Å². The van der Waals surface area contributed by atoms with Gasteiger partial charge in [-0.1, -0.05) is 49.4 Å². The summed E-state index contributed by atoms with van der Waals surface area (Å²) in [7, 11) is 0. The van der Waals surface area contributed by atoms with Crippen LogP contribution < -0.4 is 4.90 Å². The summed E-state index contributed by atoms with van der Waals surface area (Å²) in [6.07, 6.45) is 0.395. The Bertz CT molecular complexity index is 1070. The third-order valence-electron chi connectivity index (χ3n) is 5.21. The molecular formula is C23H23N3O3S. The highest BCUT2D eigenvalue weighted by molar-refractivity contribution is 7.22. The highest BCUT2D eigenvalue weighted by Gasteiger charge is 2.44. The van der Waals surface area contributed by atoms with E-state index in [1.165, 1.54) is 11.3 Å². The van der Waals surface area contributed by atoms with Crippen molar-refractivity contribution in [3.05, 3.63) is 59.7 Å². The number of likely N-dealkylation sites (N-methyl/N-ethyl adjacent to an activating group) is 1. The molecule has 2 aromatic carbocycles. The second-order valence-electron chi connectivity index (χ2n) is 7.72. The van der Waals surface area contributed by atoms with E-state index in [1.807, 2.05) is 45.0 Å². The van der Waals surface area contributed by atoms with E-state index in [-0.39, 0.29) is 11.8 Å². The van der Waals surface area contributed by atoms with Gasteiger partial charge in [0.05, 0.1) is 21.3 Å². The molecule has 3 aromatic rings. The van der Waals surface area contributed by atoms with Crippen molar-refractivity contribution in [2.24, 2.45) is 5.92 Å². The van der Waals surface area contributed by atoms with Crippen LogP contribution in [-0.2, 0) is 4.79 Å². The number of hydrogen-bond donors (Lipinski definition) is 0. The van der Waals surface area contributed by atoms with Crippen LogP contribution >= 0.6 is 11.3 Å². The molecule has 0 N–H and O–H groups in total. The van der Waals surface area contributed by atoms with Crippen molar-refractivity contribution in [2.45, 2.75) is 33.2 Å². The van der Waals surface area contributed by atoms with E-state index < -0.39 is 17.9 Å². The van der Waals surface area contributed by atoms with Crippen molar-refractivity contribution >= 4 is 44.4 Å². The first-order chi connectivity index (χ1) is 14.4. The normalized spacial score (nSPS) is 14.5. The molecule has 1 aliphatic rings. The molecule has 1 aromatic heterocycles. The average Bonchev–Trinajstić information content (AvgIpc) is 3.26. The minimum atomic E-state index is -0.871. The minimum Gasteiger partial charge on any atom is -0.287 e. The van der Waals surface area contributed by atoms with Gasteiger partial charge < -0.3 is 0 Å². The number of thiazole rings is 1. The number of carbonyl (C=O) groups is 3.